The van der Waals surface area contributed by atoms with Crippen molar-refractivity contribution >= 4 is 21.4 Å². The standard InChI is InChI=1S/C13H20N2O2S/c1-10(9-11-7-8-11)14-12-5-3-4-6-13(12)15-18(2,16)17/h3-6,10-11,14-15H,7-9H2,1-2H3. The number of rotatable bonds is 6. The van der Waals surface area contributed by atoms with Gasteiger partial charge in [-0.1, -0.05) is 25.0 Å². The molecule has 0 spiro atoms. The Morgan fingerprint density at radius 1 is 1.28 bits per heavy atom. The first-order valence-corrected chi connectivity index (χ1v) is 8.16. The van der Waals surface area contributed by atoms with E-state index in [4.69, 9.17) is 0 Å². The van der Waals surface area contributed by atoms with Gasteiger partial charge in [0.25, 0.3) is 0 Å². The highest BCUT2D eigenvalue weighted by Crippen LogP contribution is 2.34. The van der Waals surface area contributed by atoms with E-state index < -0.39 is 10.0 Å². The summed E-state index contributed by atoms with van der Waals surface area (Å²) in [6.07, 6.45) is 4.97. The van der Waals surface area contributed by atoms with Crippen LogP contribution in [-0.2, 0) is 10.0 Å². The average molecular weight is 268 g/mol. The summed E-state index contributed by atoms with van der Waals surface area (Å²) in [5, 5.41) is 3.38. The average Bonchev–Trinajstić information content (AvgIpc) is 3.02. The van der Waals surface area contributed by atoms with Crippen LogP contribution in [-0.4, -0.2) is 20.7 Å². The molecule has 0 saturated heterocycles. The van der Waals surface area contributed by atoms with Crippen LogP contribution in [0.4, 0.5) is 11.4 Å². The molecule has 1 atom stereocenters. The molecule has 18 heavy (non-hydrogen) atoms. The summed E-state index contributed by atoms with van der Waals surface area (Å²) >= 11 is 0. The summed E-state index contributed by atoms with van der Waals surface area (Å²) in [7, 11) is -3.24. The summed E-state index contributed by atoms with van der Waals surface area (Å²) < 4.78 is 25.1. The van der Waals surface area contributed by atoms with E-state index in [2.05, 4.69) is 17.0 Å². The zero-order valence-corrected chi connectivity index (χ0v) is 11.6. The van der Waals surface area contributed by atoms with Crippen molar-refractivity contribution in [2.24, 2.45) is 5.92 Å². The minimum atomic E-state index is -3.24. The number of sulfonamides is 1. The largest absolute Gasteiger partial charge is 0.381 e. The van der Waals surface area contributed by atoms with Gasteiger partial charge in [0.2, 0.25) is 10.0 Å². The lowest BCUT2D eigenvalue weighted by Gasteiger charge is -2.18. The molecular formula is C13H20N2O2S. The van der Waals surface area contributed by atoms with E-state index in [1.54, 1.807) is 6.07 Å². The van der Waals surface area contributed by atoms with Crippen molar-refractivity contribution in [3.8, 4) is 0 Å². The fourth-order valence-electron chi connectivity index (χ4n) is 2.08. The van der Waals surface area contributed by atoms with Gasteiger partial charge < -0.3 is 5.32 Å². The fourth-order valence-corrected chi connectivity index (χ4v) is 2.65. The van der Waals surface area contributed by atoms with Crippen LogP contribution in [0, 0.1) is 5.92 Å². The van der Waals surface area contributed by atoms with Crippen LogP contribution in [0.1, 0.15) is 26.2 Å². The molecular weight excluding hydrogens is 248 g/mol. The summed E-state index contributed by atoms with van der Waals surface area (Å²) in [5.41, 5.74) is 1.46. The Morgan fingerprint density at radius 3 is 2.44 bits per heavy atom. The first-order valence-electron chi connectivity index (χ1n) is 6.27. The molecule has 0 aliphatic heterocycles. The molecule has 1 aromatic carbocycles. The zero-order chi connectivity index (χ0) is 13.2. The maximum atomic E-state index is 11.3. The third kappa shape index (κ3) is 4.22. The Balaban J connectivity index is 2.06. The Hall–Kier alpha value is -1.23. The normalized spacial score (nSPS) is 17.2. The lowest BCUT2D eigenvalue weighted by molar-refractivity contribution is 0.606. The van der Waals surface area contributed by atoms with Gasteiger partial charge in [-0.05, 0) is 31.4 Å². The smallest absolute Gasteiger partial charge is 0.229 e. The topological polar surface area (TPSA) is 58.2 Å². The van der Waals surface area contributed by atoms with Crippen LogP contribution in [0.5, 0.6) is 0 Å². The number of para-hydroxylation sites is 2. The molecule has 100 valence electrons. The van der Waals surface area contributed by atoms with Crippen LogP contribution in [0.25, 0.3) is 0 Å². The highest BCUT2D eigenvalue weighted by atomic mass is 32.2. The molecule has 0 amide bonds. The predicted molar refractivity (Wildman–Crippen MR) is 75.3 cm³/mol. The van der Waals surface area contributed by atoms with E-state index in [1.165, 1.54) is 12.8 Å². The summed E-state index contributed by atoms with van der Waals surface area (Å²) in [4.78, 5) is 0. The van der Waals surface area contributed by atoms with E-state index >= 15 is 0 Å². The van der Waals surface area contributed by atoms with Crippen LogP contribution in [0.2, 0.25) is 0 Å². The minimum absolute atomic E-state index is 0.361. The van der Waals surface area contributed by atoms with E-state index in [9.17, 15) is 8.42 Å². The van der Waals surface area contributed by atoms with Crippen molar-refractivity contribution in [3.63, 3.8) is 0 Å². The van der Waals surface area contributed by atoms with Crippen LogP contribution in [0.3, 0.4) is 0 Å². The fraction of sp³-hybridized carbons (Fsp3) is 0.538. The van der Waals surface area contributed by atoms with Crippen LogP contribution in [0.15, 0.2) is 24.3 Å². The van der Waals surface area contributed by atoms with E-state index in [0.717, 1.165) is 24.3 Å². The lowest BCUT2D eigenvalue weighted by Crippen LogP contribution is -2.18. The predicted octanol–water partition coefficient (Wildman–Crippen LogP) is 2.66. The molecule has 2 N–H and O–H groups in total. The molecule has 0 heterocycles. The maximum Gasteiger partial charge on any atom is 0.229 e. The van der Waals surface area contributed by atoms with Crippen molar-refractivity contribution in [1.29, 1.82) is 0 Å². The highest BCUT2D eigenvalue weighted by Gasteiger charge is 2.23. The Bertz CT molecular complexity index is 509. The van der Waals surface area contributed by atoms with Gasteiger partial charge in [-0.25, -0.2) is 8.42 Å². The molecule has 1 aliphatic carbocycles. The second-order valence-electron chi connectivity index (χ2n) is 5.14. The monoisotopic (exact) mass is 268 g/mol. The third-order valence-corrected chi connectivity index (χ3v) is 3.60. The van der Waals surface area contributed by atoms with Gasteiger partial charge in [-0.15, -0.1) is 0 Å². The molecule has 2 rings (SSSR count). The maximum absolute atomic E-state index is 11.3. The molecule has 0 radical (unpaired) electrons. The second kappa shape index (κ2) is 5.18. The first-order chi connectivity index (χ1) is 8.44. The van der Waals surface area contributed by atoms with Crippen molar-refractivity contribution in [2.45, 2.75) is 32.2 Å². The van der Waals surface area contributed by atoms with E-state index in [-0.39, 0.29) is 0 Å². The van der Waals surface area contributed by atoms with E-state index in [0.29, 0.717) is 11.7 Å². The summed E-state index contributed by atoms with van der Waals surface area (Å²) in [5.74, 6) is 0.850. The number of anilines is 2. The van der Waals surface area contributed by atoms with Gasteiger partial charge in [0.05, 0.1) is 17.6 Å². The molecule has 1 unspecified atom stereocenters. The molecule has 0 bridgehead atoms. The minimum Gasteiger partial charge on any atom is -0.381 e. The molecule has 1 saturated carbocycles. The van der Waals surface area contributed by atoms with Gasteiger partial charge >= 0.3 is 0 Å². The molecule has 1 aliphatic rings. The van der Waals surface area contributed by atoms with Gasteiger partial charge in [-0.3, -0.25) is 4.72 Å². The zero-order valence-electron chi connectivity index (χ0n) is 10.8. The van der Waals surface area contributed by atoms with Gasteiger partial charge in [0, 0.05) is 6.04 Å². The number of nitrogens with one attached hydrogen (secondary N) is 2. The van der Waals surface area contributed by atoms with Crippen LogP contribution < -0.4 is 10.0 Å². The summed E-state index contributed by atoms with van der Waals surface area (Å²) in [6, 6.07) is 7.76. The van der Waals surface area contributed by atoms with Gasteiger partial charge in [0.15, 0.2) is 0 Å². The molecule has 5 heteroatoms. The van der Waals surface area contributed by atoms with Gasteiger partial charge in [-0.2, -0.15) is 0 Å². The number of hydrogen-bond donors (Lipinski definition) is 2. The SMILES string of the molecule is CC(CC1CC1)Nc1ccccc1NS(C)(=O)=O. The first kappa shape index (κ1) is 13.2. The van der Waals surface area contributed by atoms with Crippen molar-refractivity contribution in [1.82, 2.24) is 0 Å². The van der Waals surface area contributed by atoms with Gasteiger partial charge in [0.1, 0.15) is 0 Å². The highest BCUT2D eigenvalue weighted by molar-refractivity contribution is 7.92. The third-order valence-electron chi connectivity index (χ3n) is 3.01. The second-order valence-corrected chi connectivity index (χ2v) is 6.89. The van der Waals surface area contributed by atoms with Crippen molar-refractivity contribution in [3.05, 3.63) is 24.3 Å². The molecule has 4 nitrogen and oxygen atoms in total. The van der Waals surface area contributed by atoms with Crippen molar-refractivity contribution < 1.29 is 8.42 Å². The Kier molecular flexibility index (Phi) is 3.80. The number of benzene rings is 1. The molecule has 0 aromatic heterocycles. The summed E-state index contributed by atoms with van der Waals surface area (Å²) in [6.45, 7) is 2.13. The number of hydrogen-bond acceptors (Lipinski definition) is 3. The Labute approximate surface area is 109 Å². The molecule has 1 fully saturated rings. The van der Waals surface area contributed by atoms with Crippen molar-refractivity contribution in [2.75, 3.05) is 16.3 Å². The lowest BCUT2D eigenvalue weighted by atomic mass is 10.1. The quantitative estimate of drug-likeness (QED) is 0.834. The molecule has 1 aromatic rings. The van der Waals surface area contributed by atoms with Crippen LogP contribution >= 0.6 is 0 Å². The van der Waals surface area contributed by atoms with E-state index in [1.807, 2.05) is 18.2 Å². The Morgan fingerprint density at radius 2 is 1.89 bits per heavy atom.